The van der Waals surface area contributed by atoms with Gasteiger partial charge in [0.05, 0.1) is 0 Å². The number of nitrogens with zero attached hydrogens (tertiary/aromatic N) is 3. The molecule has 0 N–H and O–H groups in total. The Morgan fingerprint density at radius 1 is 1.55 bits per heavy atom. The van der Waals surface area contributed by atoms with Gasteiger partial charge in [-0.05, 0) is 45.2 Å². The minimum absolute atomic E-state index is 0.266. The van der Waals surface area contributed by atoms with Crippen LogP contribution in [0.3, 0.4) is 0 Å². The number of hydrogen-bond acceptors (Lipinski definition) is 4. The molecule has 1 aliphatic heterocycles. The van der Waals surface area contributed by atoms with Crippen LogP contribution in [0.2, 0.25) is 5.15 Å². The Kier molecular flexibility index (Phi) is 5.16. The second kappa shape index (κ2) is 6.73. The monoisotopic (exact) mass is 325 g/mol. The number of hydrogen-bond donors (Lipinski definition) is 0. The number of rotatable bonds is 3. The fourth-order valence-corrected chi connectivity index (χ4v) is 2.77. The molecular formula is C16H24ClN3O2. The van der Waals surface area contributed by atoms with E-state index in [1.807, 2.05) is 32.9 Å². The minimum atomic E-state index is -0.457. The second-order valence-corrected chi connectivity index (χ2v) is 7.19. The number of ether oxygens (including phenoxy) is 1. The summed E-state index contributed by atoms with van der Waals surface area (Å²) in [5.41, 5.74) is 0.628. The van der Waals surface area contributed by atoms with Gasteiger partial charge < -0.3 is 14.5 Å². The quantitative estimate of drug-likeness (QED) is 0.799. The fourth-order valence-electron chi connectivity index (χ4n) is 2.61. The van der Waals surface area contributed by atoms with Gasteiger partial charge in [0.2, 0.25) is 0 Å². The van der Waals surface area contributed by atoms with Gasteiger partial charge in [0.25, 0.3) is 0 Å². The summed E-state index contributed by atoms with van der Waals surface area (Å²) in [4.78, 5) is 20.0. The molecule has 1 unspecified atom stereocenters. The lowest BCUT2D eigenvalue weighted by Gasteiger charge is -2.26. The van der Waals surface area contributed by atoms with E-state index >= 15 is 0 Å². The van der Waals surface area contributed by atoms with Gasteiger partial charge in [-0.1, -0.05) is 11.6 Å². The number of pyridine rings is 1. The third kappa shape index (κ3) is 4.77. The third-order valence-electron chi connectivity index (χ3n) is 3.60. The summed E-state index contributed by atoms with van der Waals surface area (Å²) in [6.07, 6.45) is 2.50. The van der Waals surface area contributed by atoms with Gasteiger partial charge in [-0.15, -0.1) is 0 Å². The molecule has 2 rings (SSSR count). The number of carbonyl (C=O) groups is 1. The zero-order valence-corrected chi connectivity index (χ0v) is 14.4. The van der Waals surface area contributed by atoms with Crippen LogP contribution in [0, 0.1) is 5.92 Å². The normalized spacial score (nSPS) is 18.4. The van der Waals surface area contributed by atoms with Crippen LogP contribution in [0.1, 0.15) is 27.2 Å². The smallest absolute Gasteiger partial charge is 0.410 e. The summed E-state index contributed by atoms with van der Waals surface area (Å²) in [6.45, 7) is 8.21. The van der Waals surface area contributed by atoms with Crippen LogP contribution in [0.4, 0.5) is 10.5 Å². The molecule has 0 saturated carbocycles. The van der Waals surface area contributed by atoms with Crippen LogP contribution in [-0.4, -0.2) is 48.3 Å². The molecule has 0 radical (unpaired) electrons. The van der Waals surface area contributed by atoms with Crippen molar-refractivity contribution in [1.29, 1.82) is 0 Å². The Morgan fingerprint density at radius 2 is 2.27 bits per heavy atom. The molecule has 1 amide bonds. The van der Waals surface area contributed by atoms with Gasteiger partial charge in [0, 0.05) is 38.6 Å². The van der Waals surface area contributed by atoms with Crippen molar-refractivity contribution in [1.82, 2.24) is 9.88 Å². The zero-order chi connectivity index (χ0) is 16.3. The highest BCUT2D eigenvalue weighted by Gasteiger charge is 2.27. The summed E-state index contributed by atoms with van der Waals surface area (Å²) >= 11 is 5.94. The van der Waals surface area contributed by atoms with E-state index in [0.29, 0.717) is 17.6 Å². The standard InChI is InChI=1S/C16H24ClN3O2/c1-16(2,3)22-15(21)19(4)10-12-6-8-20(11-12)13-5-7-18-14(17)9-13/h5,7,9,12H,6,8,10-11H2,1-4H3. The van der Waals surface area contributed by atoms with E-state index < -0.39 is 5.60 Å². The van der Waals surface area contributed by atoms with Crippen molar-refractivity contribution in [3.05, 3.63) is 23.5 Å². The van der Waals surface area contributed by atoms with Gasteiger partial charge in [-0.25, -0.2) is 9.78 Å². The Balaban J connectivity index is 1.87. The number of carbonyl (C=O) groups excluding carboxylic acids is 1. The van der Waals surface area contributed by atoms with Gasteiger partial charge in [-0.2, -0.15) is 0 Å². The lowest BCUT2D eigenvalue weighted by Crippen LogP contribution is -2.37. The Hall–Kier alpha value is -1.49. The van der Waals surface area contributed by atoms with Gasteiger partial charge in [-0.3, -0.25) is 0 Å². The average Bonchev–Trinajstić information content (AvgIpc) is 2.85. The number of anilines is 1. The molecule has 1 aromatic heterocycles. The van der Waals surface area contributed by atoms with Crippen molar-refractivity contribution in [2.24, 2.45) is 5.92 Å². The molecule has 1 atom stereocenters. The minimum Gasteiger partial charge on any atom is -0.444 e. The number of aromatic nitrogens is 1. The first-order valence-electron chi connectivity index (χ1n) is 7.55. The third-order valence-corrected chi connectivity index (χ3v) is 3.81. The molecular weight excluding hydrogens is 302 g/mol. The van der Waals surface area contributed by atoms with Crippen molar-refractivity contribution in [2.45, 2.75) is 32.8 Å². The lowest BCUT2D eigenvalue weighted by atomic mass is 10.1. The van der Waals surface area contributed by atoms with E-state index in [0.717, 1.165) is 25.2 Å². The molecule has 1 saturated heterocycles. The van der Waals surface area contributed by atoms with Crippen LogP contribution in [0.5, 0.6) is 0 Å². The van der Waals surface area contributed by atoms with Gasteiger partial charge >= 0.3 is 6.09 Å². The Labute approximate surface area is 137 Å². The maximum Gasteiger partial charge on any atom is 0.410 e. The largest absolute Gasteiger partial charge is 0.444 e. The van der Waals surface area contributed by atoms with Crippen molar-refractivity contribution in [3.63, 3.8) is 0 Å². The zero-order valence-electron chi connectivity index (χ0n) is 13.7. The number of halogens is 1. The van der Waals surface area contributed by atoms with Crippen molar-refractivity contribution in [3.8, 4) is 0 Å². The van der Waals surface area contributed by atoms with E-state index in [1.165, 1.54) is 0 Å². The van der Waals surface area contributed by atoms with E-state index in [-0.39, 0.29) is 6.09 Å². The first kappa shape index (κ1) is 16.9. The Bertz CT molecular complexity index is 530. The molecule has 0 aliphatic carbocycles. The van der Waals surface area contributed by atoms with Crippen molar-refractivity contribution >= 4 is 23.4 Å². The van der Waals surface area contributed by atoms with Crippen molar-refractivity contribution in [2.75, 3.05) is 31.6 Å². The highest BCUT2D eigenvalue weighted by Crippen LogP contribution is 2.25. The number of amides is 1. The summed E-state index contributed by atoms with van der Waals surface area (Å²) in [7, 11) is 1.79. The Morgan fingerprint density at radius 3 is 2.91 bits per heavy atom. The lowest BCUT2D eigenvalue weighted by molar-refractivity contribution is 0.0277. The summed E-state index contributed by atoms with van der Waals surface area (Å²) < 4.78 is 5.38. The van der Waals surface area contributed by atoms with Crippen molar-refractivity contribution < 1.29 is 9.53 Å². The molecule has 122 valence electrons. The van der Waals surface area contributed by atoms with Gasteiger partial charge in [0.15, 0.2) is 0 Å². The molecule has 0 bridgehead atoms. The second-order valence-electron chi connectivity index (χ2n) is 6.80. The van der Waals surface area contributed by atoms with Gasteiger partial charge in [0.1, 0.15) is 10.8 Å². The van der Waals surface area contributed by atoms with Crippen LogP contribution in [-0.2, 0) is 4.74 Å². The van der Waals surface area contributed by atoms with E-state index in [9.17, 15) is 4.79 Å². The maximum atomic E-state index is 12.0. The van der Waals surface area contributed by atoms with E-state index in [1.54, 1.807) is 18.1 Å². The molecule has 1 aromatic rings. The van der Waals surface area contributed by atoms with Crippen LogP contribution in [0.25, 0.3) is 0 Å². The summed E-state index contributed by atoms with van der Waals surface area (Å²) in [6, 6.07) is 3.84. The highest BCUT2D eigenvalue weighted by molar-refractivity contribution is 6.29. The first-order valence-corrected chi connectivity index (χ1v) is 7.93. The van der Waals surface area contributed by atoms with Crippen LogP contribution < -0.4 is 4.90 Å². The highest BCUT2D eigenvalue weighted by atomic mass is 35.5. The molecule has 1 aliphatic rings. The average molecular weight is 326 g/mol. The van der Waals surface area contributed by atoms with E-state index in [4.69, 9.17) is 16.3 Å². The molecule has 6 heteroatoms. The summed E-state index contributed by atoms with van der Waals surface area (Å²) in [5.74, 6) is 0.435. The summed E-state index contributed by atoms with van der Waals surface area (Å²) in [5, 5.41) is 0.506. The van der Waals surface area contributed by atoms with E-state index in [2.05, 4.69) is 9.88 Å². The molecule has 0 spiro atoms. The molecule has 22 heavy (non-hydrogen) atoms. The first-order chi connectivity index (χ1) is 10.2. The molecule has 0 aromatic carbocycles. The fraction of sp³-hybridized carbons (Fsp3) is 0.625. The van der Waals surface area contributed by atoms with Crippen LogP contribution in [0.15, 0.2) is 18.3 Å². The predicted molar refractivity (Wildman–Crippen MR) is 88.4 cm³/mol. The molecule has 5 nitrogen and oxygen atoms in total. The van der Waals surface area contributed by atoms with Crippen LogP contribution >= 0.6 is 11.6 Å². The maximum absolute atomic E-state index is 12.0. The topological polar surface area (TPSA) is 45.7 Å². The molecule has 1 fully saturated rings. The SMILES string of the molecule is CN(CC1CCN(c2ccnc(Cl)c2)C1)C(=O)OC(C)(C)C. The molecule has 2 heterocycles. The predicted octanol–water partition coefficient (Wildman–Crippen LogP) is 3.43.